The number of aliphatic hydroxyl groups is 4. The van der Waals surface area contributed by atoms with Gasteiger partial charge in [-0.15, -0.1) is 0 Å². The molecule has 4 heterocycles. The van der Waals surface area contributed by atoms with Crippen molar-refractivity contribution >= 4 is 79.0 Å². The van der Waals surface area contributed by atoms with Crippen LogP contribution in [-0.2, 0) is 37.8 Å². The monoisotopic (exact) mass is 926 g/mol. The first-order valence-electron chi connectivity index (χ1n) is 13.6. The summed E-state index contributed by atoms with van der Waals surface area (Å²) in [5.74, 6) is -1.29. The van der Waals surface area contributed by atoms with Crippen LogP contribution in [0.5, 0.6) is 0 Å². The molecule has 0 aromatic carbocycles. The molecule has 2 aliphatic heterocycles. The summed E-state index contributed by atoms with van der Waals surface area (Å²) >= 11 is 21.0. The summed E-state index contributed by atoms with van der Waals surface area (Å²) in [6.45, 7) is -0.732. The fraction of sp³-hybridized carbons (Fsp3) is 0.478. The number of hydrogen-bond acceptors (Lipinski definition) is 15. The Kier molecular flexibility index (Phi) is 18.8. The number of primary amides is 2. The topological polar surface area (TPSA) is 303 Å². The first-order valence-corrected chi connectivity index (χ1v) is 21.8. The summed E-state index contributed by atoms with van der Waals surface area (Å²) < 4.78 is 104. The molecule has 53 heavy (non-hydrogen) atoms. The van der Waals surface area contributed by atoms with Crippen LogP contribution < -0.4 is 33.0 Å². The zero-order valence-electron chi connectivity index (χ0n) is 25.8. The Morgan fingerprint density at radius 1 is 0.792 bits per heavy atom. The Bertz CT molecular complexity index is 1680. The molecule has 0 unspecified atom stereocenters. The molecule has 0 saturated carbocycles. The van der Waals surface area contributed by atoms with E-state index in [-0.39, 0.29) is 36.7 Å². The van der Waals surface area contributed by atoms with E-state index in [1.54, 1.807) is 0 Å². The van der Waals surface area contributed by atoms with Crippen LogP contribution in [0.1, 0.15) is 33.2 Å². The lowest BCUT2D eigenvalue weighted by molar-refractivity contribution is -0.766. The molecule has 8 N–H and O–H groups in total. The molecule has 2 saturated heterocycles. The molecule has 2 aromatic heterocycles. The van der Waals surface area contributed by atoms with Gasteiger partial charge in [-0.05, 0) is 57.1 Å². The van der Waals surface area contributed by atoms with Gasteiger partial charge in [0.05, 0.1) is 13.2 Å². The molecule has 2 amide bonds. The van der Waals surface area contributed by atoms with E-state index < -0.39 is 88.7 Å². The zero-order valence-corrected chi connectivity index (χ0v) is 32.2. The molecule has 2 aromatic rings. The number of rotatable bonds is 10. The molecule has 2 fully saturated rings. The van der Waals surface area contributed by atoms with E-state index in [0.717, 1.165) is 0 Å². The van der Waals surface area contributed by atoms with Gasteiger partial charge < -0.3 is 67.4 Å². The fourth-order valence-electron chi connectivity index (χ4n) is 4.14. The third-order valence-corrected chi connectivity index (χ3v) is 9.17. The number of nitrogens with two attached hydrogens (primary N) is 2. The van der Waals surface area contributed by atoms with Crippen molar-refractivity contribution < 1.29 is 105 Å². The van der Waals surface area contributed by atoms with Crippen LogP contribution in [0.3, 0.4) is 0 Å². The highest BCUT2D eigenvalue weighted by Crippen LogP contribution is 2.58. The number of aliphatic hydroxyl groups excluding tert-OH is 4. The molecule has 2 aliphatic rings. The van der Waals surface area contributed by atoms with E-state index in [2.05, 4.69) is 9.05 Å². The van der Waals surface area contributed by atoms with Crippen LogP contribution in [0.25, 0.3) is 0 Å². The molecule has 30 heteroatoms. The minimum atomic E-state index is -6.09. The number of carbonyl (C=O) groups excluding carboxylic acids is 2. The Labute approximate surface area is 322 Å². The van der Waals surface area contributed by atoms with Gasteiger partial charge in [0.1, 0.15) is 35.5 Å². The van der Waals surface area contributed by atoms with Crippen LogP contribution in [-0.4, -0.2) is 101 Å². The predicted molar refractivity (Wildman–Crippen MR) is 168 cm³/mol. The lowest BCUT2D eigenvalue weighted by Crippen LogP contribution is -3.00. The van der Waals surface area contributed by atoms with Crippen molar-refractivity contribution in [2.45, 2.75) is 54.6 Å². The molecular weight excluding hydrogens is 901 g/mol. The Morgan fingerprint density at radius 2 is 1.09 bits per heavy atom. The normalized spacial score (nSPS) is 26.0. The third-order valence-electron chi connectivity index (χ3n) is 6.54. The van der Waals surface area contributed by atoms with Crippen LogP contribution >= 0.6 is 57.1 Å². The number of nitrogens with zero attached hydrogens (tertiary/aromatic N) is 2. The maximum Gasteiger partial charge on any atom is 0.485 e. The fourth-order valence-corrected chi connectivity index (χ4v) is 5.46. The van der Waals surface area contributed by atoms with E-state index in [4.69, 9.17) is 78.9 Å². The van der Waals surface area contributed by atoms with Gasteiger partial charge >= 0.3 is 17.7 Å². The van der Waals surface area contributed by atoms with Gasteiger partial charge in [-0.2, -0.15) is 22.3 Å². The first-order chi connectivity index (χ1) is 23.6. The molecule has 302 valence electrons. The molecule has 0 spiro atoms. The van der Waals surface area contributed by atoms with Gasteiger partial charge in [0.15, 0.2) is 47.1 Å². The standard InChI is InChI=1S/2C11H13Cl2N2O6P.CHF3O3S.ClH/c2*12-22(13,19)20-5-7-8(16)9(17)11(21-7)15-3-1-2-6(4-15)10(14)18;2-1(3,4)8(5,6)7;/h2*1-4,7-9,11,16-17H,5H2,(H-,14,18);(H,5,6,7);1H/t2*7-,8-,9-,11-;;/m11../s1. The van der Waals surface area contributed by atoms with Gasteiger partial charge in [-0.3, -0.25) is 18.7 Å². The Balaban J connectivity index is 0.000000434. The lowest BCUT2D eigenvalue weighted by atomic mass is 10.1. The summed E-state index contributed by atoms with van der Waals surface area (Å²) in [4.78, 5) is 22.3. The van der Waals surface area contributed by atoms with Gasteiger partial charge in [0.2, 0.25) is 0 Å². The van der Waals surface area contributed by atoms with Gasteiger partial charge in [-0.25, -0.2) is 8.42 Å². The van der Waals surface area contributed by atoms with E-state index >= 15 is 0 Å². The second-order valence-corrected chi connectivity index (χ2v) is 20.1. The lowest BCUT2D eigenvalue weighted by Gasteiger charge is -2.13. The predicted octanol–water partition coefficient (Wildman–Crippen LogP) is -2.36. The minimum absolute atomic E-state index is 0. The summed E-state index contributed by atoms with van der Waals surface area (Å²) in [6.07, 6.45) is -10.9. The highest BCUT2D eigenvalue weighted by molar-refractivity contribution is 8.05. The molecule has 0 radical (unpaired) electrons. The zero-order chi connectivity index (χ0) is 40.0. The van der Waals surface area contributed by atoms with Crippen molar-refractivity contribution in [1.29, 1.82) is 0 Å². The molecule has 19 nitrogen and oxygen atoms in total. The Morgan fingerprint density at radius 3 is 1.34 bits per heavy atom. The number of aromatic nitrogens is 2. The van der Waals surface area contributed by atoms with Crippen LogP contribution in [0.4, 0.5) is 13.2 Å². The molecular formula is C23H28Cl5F3N4O15P2S. The number of carbonyl (C=O) groups is 2. The summed E-state index contributed by atoms with van der Waals surface area (Å²) in [6, 6.07) is 6.07. The quantitative estimate of drug-likeness (QED) is 0.0629. The van der Waals surface area contributed by atoms with Crippen molar-refractivity contribution in [2.75, 3.05) is 13.2 Å². The van der Waals surface area contributed by atoms with Crippen molar-refractivity contribution in [3.63, 3.8) is 0 Å². The summed E-state index contributed by atoms with van der Waals surface area (Å²) in [7, 11) is -6.09. The van der Waals surface area contributed by atoms with Crippen LogP contribution in [0.15, 0.2) is 49.1 Å². The highest BCUT2D eigenvalue weighted by atomic mass is 35.9. The van der Waals surface area contributed by atoms with Gasteiger partial charge in [0.25, 0.3) is 24.3 Å². The number of ether oxygens (including phenoxy) is 2. The molecule has 4 rings (SSSR count). The number of alkyl halides is 3. The van der Waals surface area contributed by atoms with Crippen molar-refractivity contribution in [3.05, 3.63) is 60.2 Å². The second-order valence-electron chi connectivity index (χ2n) is 10.2. The number of hydrogen-bond donors (Lipinski definition) is 6. The average molecular weight is 929 g/mol. The number of halogens is 8. The van der Waals surface area contributed by atoms with E-state index in [0.29, 0.717) is 0 Å². The Hall–Kier alpha value is -1.47. The first kappa shape index (κ1) is 49.5. The molecule has 0 aliphatic carbocycles. The maximum atomic E-state index is 11.2. The largest absolute Gasteiger partial charge is 1.00 e. The summed E-state index contributed by atoms with van der Waals surface area (Å²) in [5.41, 5.74) is 5.13. The SMILES string of the molecule is NC(=O)c1ccc[n+]([C@@H]2O[C@H](COP(=O)(Cl)Cl)[C@@H](O)[C@H]2O)c1.NC(=O)c1ccc[n+]([C@@H]2O[C@H](COP(=O)(Cl)Cl)[C@@H](O)[C@H]2O)c1.O=S(=O)([O-])C(F)(F)F.[Cl-]. The van der Waals surface area contributed by atoms with Crippen molar-refractivity contribution in [1.82, 2.24) is 0 Å². The summed E-state index contributed by atoms with van der Waals surface area (Å²) in [5, 5.41) is 39.9. The maximum absolute atomic E-state index is 11.2. The average Bonchev–Trinajstić information content (AvgIpc) is 3.47. The van der Waals surface area contributed by atoms with Crippen molar-refractivity contribution in [2.24, 2.45) is 11.5 Å². The number of pyridine rings is 2. The third kappa shape index (κ3) is 15.5. The van der Waals surface area contributed by atoms with Gasteiger partial charge in [0, 0.05) is 12.1 Å². The van der Waals surface area contributed by atoms with E-state index in [9.17, 15) is 52.3 Å². The minimum Gasteiger partial charge on any atom is -1.00 e. The highest BCUT2D eigenvalue weighted by Gasteiger charge is 2.50. The van der Waals surface area contributed by atoms with Crippen LogP contribution in [0.2, 0.25) is 0 Å². The van der Waals surface area contributed by atoms with Crippen LogP contribution in [0, 0.1) is 0 Å². The van der Waals surface area contributed by atoms with Gasteiger partial charge in [-0.1, -0.05) is 0 Å². The number of amides is 2. The molecule has 0 bridgehead atoms. The molecule has 8 atom stereocenters. The smallest absolute Gasteiger partial charge is 0.485 e. The second kappa shape index (κ2) is 20.1. The van der Waals surface area contributed by atoms with E-state index in [1.165, 1.54) is 58.2 Å². The van der Waals surface area contributed by atoms with Crippen molar-refractivity contribution in [3.8, 4) is 0 Å². The van der Waals surface area contributed by atoms with E-state index in [1.807, 2.05) is 0 Å².